The van der Waals surface area contributed by atoms with E-state index in [-0.39, 0.29) is 0 Å². The van der Waals surface area contributed by atoms with Crippen LogP contribution < -0.4 is 5.32 Å². The second-order valence-electron chi connectivity index (χ2n) is 9.48. The van der Waals surface area contributed by atoms with Gasteiger partial charge in [0.05, 0.1) is 5.69 Å². The number of aryl methyl sites for hydroxylation is 1. The summed E-state index contributed by atoms with van der Waals surface area (Å²) in [7, 11) is 0. The molecule has 1 N–H and O–H groups in total. The molecular formula is C33H44N2. The van der Waals surface area contributed by atoms with Crippen molar-refractivity contribution in [2.45, 2.75) is 73.6 Å². The number of rotatable bonds is 13. The Labute approximate surface area is 214 Å². The van der Waals surface area contributed by atoms with Crippen molar-refractivity contribution < 1.29 is 0 Å². The van der Waals surface area contributed by atoms with E-state index in [4.69, 9.17) is 4.98 Å². The number of benzene rings is 1. The van der Waals surface area contributed by atoms with Gasteiger partial charge in [-0.3, -0.25) is 0 Å². The van der Waals surface area contributed by atoms with Crippen molar-refractivity contribution in [2.75, 3.05) is 11.9 Å². The normalized spacial score (nSPS) is 12.5. The highest BCUT2D eigenvalue weighted by Crippen LogP contribution is 2.27. The van der Waals surface area contributed by atoms with Gasteiger partial charge in [-0.1, -0.05) is 91.8 Å². The molecule has 2 rings (SSSR count). The lowest BCUT2D eigenvalue weighted by molar-refractivity contribution is 0.983. The fourth-order valence-electron chi connectivity index (χ4n) is 3.84. The van der Waals surface area contributed by atoms with E-state index in [1.165, 1.54) is 27.9 Å². The molecule has 0 fully saturated rings. The predicted octanol–water partition coefficient (Wildman–Crippen LogP) is 9.59. The summed E-state index contributed by atoms with van der Waals surface area (Å²) in [6.07, 6.45) is 13.9. The molecule has 1 heterocycles. The van der Waals surface area contributed by atoms with Crippen LogP contribution in [0.3, 0.4) is 0 Å². The van der Waals surface area contributed by atoms with Gasteiger partial charge in [0, 0.05) is 12.1 Å². The average Bonchev–Trinajstić information content (AvgIpc) is 2.85. The van der Waals surface area contributed by atoms with Gasteiger partial charge in [-0.15, -0.1) is 0 Å². The Morgan fingerprint density at radius 2 is 1.69 bits per heavy atom. The molecule has 1 aromatic carbocycles. The Kier molecular flexibility index (Phi) is 12.0. The van der Waals surface area contributed by atoms with Crippen molar-refractivity contribution in [1.82, 2.24) is 4.98 Å². The first-order valence-corrected chi connectivity index (χ1v) is 13.0. The van der Waals surface area contributed by atoms with Crippen LogP contribution in [-0.2, 0) is 6.42 Å². The van der Waals surface area contributed by atoms with Crippen LogP contribution in [0.15, 0.2) is 90.1 Å². The average molecular weight is 469 g/mol. The molecular weight excluding hydrogens is 424 g/mol. The minimum absolute atomic E-state index is 0.836. The van der Waals surface area contributed by atoms with Gasteiger partial charge in [-0.05, 0) is 88.6 Å². The molecule has 0 bridgehead atoms. The molecule has 186 valence electrons. The molecule has 0 saturated carbocycles. The summed E-state index contributed by atoms with van der Waals surface area (Å²) in [4.78, 5) is 5.05. The lowest BCUT2D eigenvalue weighted by Crippen LogP contribution is -2.08. The van der Waals surface area contributed by atoms with Gasteiger partial charge in [-0.25, -0.2) is 4.98 Å². The van der Waals surface area contributed by atoms with Gasteiger partial charge >= 0.3 is 0 Å². The zero-order valence-electron chi connectivity index (χ0n) is 22.7. The van der Waals surface area contributed by atoms with E-state index >= 15 is 0 Å². The zero-order valence-corrected chi connectivity index (χ0v) is 22.7. The van der Waals surface area contributed by atoms with Gasteiger partial charge in [-0.2, -0.15) is 0 Å². The minimum Gasteiger partial charge on any atom is -0.369 e. The highest BCUT2D eigenvalue weighted by atomic mass is 15.0. The maximum atomic E-state index is 5.05. The molecule has 2 nitrogen and oxygen atoms in total. The first-order valence-electron chi connectivity index (χ1n) is 13.0. The molecule has 0 amide bonds. The van der Waals surface area contributed by atoms with E-state index in [2.05, 4.69) is 120 Å². The Morgan fingerprint density at radius 3 is 2.34 bits per heavy atom. The van der Waals surface area contributed by atoms with Crippen LogP contribution in [0.25, 0.3) is 11.1 Å². The number of allylic oxidation sites excluding steroid dienone is 8. The maximum Gasteiger partial charge on any atom is 0.134 e. The molecule has 1 aromatic heterocycles. The molecule has 2 aromatic rings. The topological polar surface area (TPSA) is 24.9 Å². The first-order chi connectivity index (χ1) is 16.8. The summed E-state index contributed by atoms with van der Waals surface area (Å²) >= 11 is 0. The third-order valence-corrected chi connectivity index (χ3v) is 6.06. The van der Waals surface area contributed by atoms with Gasteiger partial charge in [0.2, 0.25) is 0 Å². The Morgan fingerprint density at radius 1 is 0.943 bits per heavy atom. The van der Waals surface area contributed by atoms with E-state index in [9.17, 15) is 0 Å². The van der Waals surface area contributed by atoms with Crippen molar-refractivity contribution in [3.05, 3.63) is 107 Å². The summed E-state index contributed by atoms with van der Waals surface area (Å²) in [5, 5.41) is 3.64. The Balaban J connectivity index is 2.27. The second kappa shape index (κ2) is 15.0. The van der Waals surface area contributed by atoms with Crippen molar-refractivity contribution in [2.24, 2.45) is 0 Å². The molecule has 2 heteroatoms. The smallest absolute Gasteiger partial charge is 0.134 e. The second-order valence-corrected chi connectivity index (χ2v) is 9.48. The fourth-order valence-corrected chi connectivity index (χ4v) is 3.84. The molecule has 0 saturated heterocycles. The van der Waals surface area contributed by atoms with Crippen molar-refractivity contribution in [1.29, 1.82) is 0 Å². The van der Waals surface area contributed by atoms with Crippen LogP contribution in [0, 0.1) is 0 Å². The molecule has 0 spiro atoms. The van der Waals surface area contributed by atoms with E-state index in [0.717, 1.165) is 61.3 Å². The number of nitrogens with one attached hydrogen (secondary N) is 1. The number of aromatic nitrogens is 1. The van der Waals surface area contributed by atoms with Crippen molar-refractivity contribution >= 4 is 17.0 Å². The number of anilines is 1. The summed E-state index contributed by atoms with van der Waals surface area (Å²) in [5.74, 6) is 0.928. The van der Waals surface area contributed by atoms with E-state index in [0.29, 0.717) is 0 Å². The number of nitrogens with zero attached hydrogens (tertiary/aromatic N) is 1. The van der Waals surface area contributed by atoms with E-state index in [1.54, 1.807) is 0 Å². The van der Waals surface area contributed by atoms with Crippen LogP contribution in [-0.4, -0.2) is 11.5 Å². The quantitative estimate of drug-likeness (QED) is 0.296. The third-order valence-electron chi connectivity index (χ3n) is 6.06. The largest absolute Gasteiger partial charge is 0.369 e. The SMILES string of the molecule is C=C(CCc1ccccc1)c1ccc(/C(C)=C/C=C(\C)CC)nc1NCC/C(C=C(C)C)=C/CC. The maximum absolute atomic E-state index is 5.05. The summed E-state index contributed by atoms with van der Waals surface area (Å²) in [6, 6.07) is 14.9. The lowest BCUT2D eigenvalue weighted by Gasteiger charge is -2.16. The van der Waals surface area contributed by atoms with Crippen LogP contribution in [0.4, 0.5) is 5.82 Å². The van der Waals surface area contributed by atoms with Gasteiger partial charge in [0.25, 0.3) is 0 Å². The van der Waals surface area contributed by atoms with Crippen LogP contribution in [0.2, 0.25) is 0 Å². The standard InChI is InChI=1S/C33H44N2/c1-8-13-30(24-25(3)4)22-23-34-33-31(27(6)18-19-29-14-11-10-12-15-29)20-21-32(35-33)28(7)17-16-26(5)9-2/h10-17,20-21,24H,6,8-9,18-19,22-23H2,1-5,7H3,(H,34,35)/b26-16+,28-17+,30-13-. The molecule has 0 radical (unpaired) electrons. The van der Waals surface area contributed by atoms with Crippen molar-refractivity contribution in [3.8, 4) is 0 Å². The first kappa shape index (κ1) is 28.1. The van der Waals surface area contributed by atoms with Gasteiger partial charge < -0.3 is 5.32 Å². The van der Waals surface area contributed by atoms with E-state index in [1.807, 2.05) is 0 Å². The molecule has 0 unspecified atom stereocenters. The summed E-state index contributed by atoms with van der Waals surface area (Å²) in [6.45, 7) is 18.2. The number of pyridine rings is 1. The molecule has 0 aliphatic carbocycles. The zero-order chi connectivity index (χ0) is 25.6. The lowest BCUT2D eigenvalue weighted by atomic mass is 9.99. The fraction of sp³-hybridized carbons (Fsp3) is 0.364. The highest BCUT2D eigenvalue weighted by Gasteiger charge is 2.11. The summed E-state index contributed by atoms with van der Waals surface area (Å²) in [5.41, 5.74) is 9.80. The Bertz CT molecular complexity index is 1080. The number of hydrogen-bond donors (Lipinski definition) is 1. The van der Waals surface area contributed by atoms with Gasteiger partial charge in [0.1, 0.15) is 5.82 Å². The molecule has 0 aliphatic heterocycles. The Hall–Kier alpha value is -3.13. The van der Waals surface area contributed by atoms with Crippen LogP contribution in [0.5, 0.6) is 0 Å². The minimum atomic E-state index is 0.836. The third kappa shape index (κ3) is 9.94. The van der Waals surface area contributed by atoms with Crippen LogP contribution in [0.1, 0.15) is 84.0 Å². The number of hydrogen-bond acceptors (Lipinski definition) is 2. The van der Waals surface area contributed by atoms with Crippen molar-refractivity contribution in [3.63, 3.8) is 0 Å². The monoisotopic (exact) mass is 468 g/mol. The molecule has 0 aliphatic rings. The predicted molar refractivity (Wildman–Crippen MR) is 157 cm³/mol. The highest BCUT2D eigenvalue weighted by molar-refractivity contribution is 5.75. The van der Waals surface area contributed by atoms with E-state index < -0.39 is 0 Å². The van der Waals surface area contributed by atoms with Crippen LogP contribution >= 0.6 is 0 Å². The van der Waals surface area contributed by atoms with Gasteiger partial charge in [0.15, 0.2) is 0 Å². The molecule has 35 heavy (non-hydrogen) atoms. The molecule has 0 atom stereocenters. The summed E-state index contributed by atoms with van der Waals surface area (Å²) < 4.78 is 0.